The summed E-state index contributed by atoms with van der Waals surface area (Å²) < 4.78 is 5.30. The third kappa shape index (κ3) is 4.43. The smallest absolute Gasteiger partial charge is 0.330 e. The first-order valence-corrected chi connectivity index (χ1v) is 12.7. The molecule has 2 aliphatic rings. The van der Waals surface area contributed by atoms with Crippen molar-refractivity contribution >= 4 is 23.3 Å². The van der Waals surface area contributed by atoms with Crippen LogP contribution in [0.4, 0.5) is 5.69 Å². The van der Waals surface area contributed by atoms with Crippen molar-refractivity contribution in [2.45, 2.75) is 37.3 Å². The topological polar surface area (TPSA) is 127 Å². The molecule has 1 saturated heterocycles. The van der Waals surface area contributed by atoms with Gasteiger partial charge in [-0.05, 0) is 43.0 Å². The summed E-state index contributed by atoms with van der Waals surface area (Å²) in [6.07, 6.45) is 1.31. The summed E-state index contributed by atoms with van der Waals surface area (Å²) in [5.41, 5.74) is -0.533. The molecule has 1 aliphatic heterocycles. The van der Waals surface area contributed by atoms with Gasteiger partial charge in [-0.2, -0.15) is 0 Å². The van der Waals surface area contributed by atoms with Crippen LogP contribution in [0.15, 0.2) is 78.9 Å². The molecule has 2 fully saturated rings. The molecular weight excluding hydrogens is 500 g/mol. The van der Waals surface area contributed by atoms with E-state index < -0.39 is 34.3 Å². The summed E-state index contributed by atoms with van der Waals surface area (Å²) >= 11 is 0. The van der Waals surface area contributed by atoms with Crippen LogP contribution >= 0.6 is 0 Å². The highest BCUT2D eigenvalue weighted by molar-refractivity contribution is 6.02. The number of hydrogen-bond acceptors (Lipinski definition) is 6. The van der Waals surface area contributed by atoms with E-state index in [2.05, 4.69) is 0 Å². The molecule has 4 unspecified atom stereocenters. The highest BCUT2D eigenvalue weighted by Gasteiger charge is 2.65. The van der Waals surface area contributed by atoms with Crippen molar-refractivity contribution in [3.8, 4) is 5.75 Å². The van der Waals surface area contributed by atoms with E-state index in [1.807, 2.05) is 0 Å². The van der Waals surface area contributed by atoms with Gasteiger partial charge in [0.1, 0.15) is 11.3 Å². The summed E-state index contributed by atoms with van der Waals surface area (Å²) in [7, 11) is 1.53. The number of nitrogens with zero attached hydrogens (tertiary/aromatic N) is 2. The number of benzene rings is 3. The molecule has 200 valence electrons. The normalized spacial score (nSPS) is 24.3. The fourth-order valence-corrected chi connectivity index (χ4v) is 5.84. The van der Waals surface area contributed by atoms with Gasteiger partial charge >= 0.3 is 5.97 Å². The summed E-state index contributed by atoms with van der Waals surface area (Å²) in [5.74, 6) is -3.57. The third-order valence-corrected chi connectivity index (χ3v) is 7.96. The molecule has 0 aromatic heterocycles. The highest BCUT2D eigenvalue weighted by atomic mass is 16.6. The van der Waals surface area contributed by atoms with E-state index in [1.54, 1.807) is 54.6 Å². The predicted molar refractivity (Wildman–Crippen MR) is 141 cm³/mol. The zero-order valence-corrected chi connectivity index (χ0v) is 21.5. The first kappa shape index (κ1) is 26.1. The minimum absolute atomic E-state index is 0.155. The van der Waals surface area contributed by atoms with Gasteiger partial charge in [-0.15, -0.1) is 0 Å². The number of nitro benzene ring substituents is 1. The Hall–Kier alpha value is -4.53. The molecular formula is C30H28N2O7. The molecule has 1 heterocycles. The number of carboxylic acid groups (broad SMARTS) is 1. The van der Waals surface area contributed by atoms with Crippen molar-refractivity contribution in [1.29, 1.82) is 0 Å². The predicted octanol–water partition coefficient (Wildman–Crippen LogP) is 5.02. The van der Waals surface area contributed by atoms with E-state index in [1.165, 1.54) is 43.2 Å². The lowest BCUT2D eigenvalue weighted by atomic mass is 9.71. The first-order chi connectivity index (χ1) is 18.7. The molecule has 9 nitrogen and oxygen atoms in total. The Morgan fingerprint density at radius 1 is 0.949 bits per heavy atom. The average Bonchev–Trinajstić information content (AvgIpc) is 3.76. The number of methoxy groups -OCH3 is 1. The molecule has 4 atom stereocenters. The number of carbonyl (C=O) groups excluding carboxylic acids is 2. The Labute approximate surface area is 225 Å². The lowest BCUT2D eigenvalue weighted by Gasteiger charge is -2.38. The molecule has 39 heavy (non-hydrogen) atoms. The molecule has 1 saturated carbocycles. The molecule has 0 spiro atoms. The van der Waals surface area contributed by atoms with Gasteiger partial charge in [-0.3, -0.25) is 19.7 Å². The van der Waals surface area contributed by atoms with Gasteiger partial charge in [0.25, 0.3) is 5.69 Å². The van der Waals surface area contributed by atoms with Crippen molar-refractivity contribution < 1.29 is 29.2 Å². The number of hydrogen-bond donors (Lipinski definition) is 1. The summed E-state index contributed by atoms with van der Waals surface area (Å²) in [6.45, 7) is 1.48. The van der Waals surface area contributed by atoms with Crippen LogP contribution in [0.1, 0.15) is 53.2 Å². The number of carbonyl (C=O) groups is 3. The number of ketones is 1. The minimum Gasteiger partial charge on any atom is -0.497 e. The maximum Gasteiger partial charge on any atom is 0.330 e. The van der Waals surface area contributed by atoms with Crippen molar-refractivity contribution in [2.24, 2.45) is 11.8 Å². The molecule has 0 radical (unpaired) electrons. The Morgan fingerprint density at radius 3 is 2.05 bits per heavy atom. The first-order valence-electron chi connectivity index (χ1n) is 12.7. The second kappa shape index (κ2) is 9.98. The van der Waals surface area contributed by atoms with E-state index in [4.69, 9.17) is 4.74 Å². The van der Waals surface area contributed by atoms with Crippen LogP contribution in [-0.4, -0.2) is 45.2 Å². The van der Waals surface area contributed by atoms with Crippen LogP contribution < -0.4 is 4.74 Å². The van der Waals surface area contributed by atoms with Crippen LogP contribution in [0.2, 0.25) is 0 Å². The Bertz CT molecular complexity index is 1420. The van der Waals surface area contributed by atoms with E-state index >= 15 is 0 Å². The van der Waals surface area contributed by atoms with E-state index in [0.29, 0.717) is 35.3 Å². The Kier molecular flexibility index (Phi) is 6.68. The number of rotatable bonds is 8. The molecule has 5 rings (SSSR count). The van der Waals surface area contributed by atoms with Gasteiger partial charge in [0.15, 0.2) is 5.78 Å². The molecule has 0 bridgehead atoms. The number of nitro groups is 1. The van der Waals surface area contributed by atoms with E-state index in [-0.39, 0.29) is 23.3 Å². The van der Waals surface area contributed by atoms with Gasteiger partial charge in [-0.1, -0.05) is 54.6 Å². The highest BCUT2D eigenvalue weighted by Crippen LogP contribution is 2.58. The van der Waals surface area contributed by atoms with Crippen molar-refractivity contribution in [2.75, 3.05) is 7.11 Å². The Balaban J connectivity index is 1.77. The molecule has 3 aromatic carbocycles. The standard InChI is InChI=1S/C30H28N2O7/c1-30(29(35)36)25(18-10-14-22(15-11-18)32(37)38)24(27(33)20-6-4-3-5-7-20)26(31(30)28(34)21-8-9-21)19-12-16-23(39-2)17-13-19/h3-7,10-17,21,24-26H,8-9H2,1-2H3,(H,35,36). The van der Waals surface area contributed by atoms with Gasteiger partial charge in [0.2, 0.25) is 5.91 Å². The number of ether oxygens (including phenoxy) is 1. The SMILES string of the molecule is COc1ccc(C2C(C(=O)c3ccccc3)C(c3ccc([N+](=O)[O-])cc3)C(C)(C(=O)O)N2C(=O)C2CC2)cc1. The third-order valence-electron chi connectivity index (χ3n) is 7.96. The van der Waals surface area contributed by atoms with Crippen LogP contribution in [0.5, 0.6) is 5.75 Å². The lowest BCUT2D eigenvalue weighted by molar-refractivity contribution is -0.384. The van der Waals surface area contributed by atoms with E-state index in [9.17, 15) is 29.6 Å². The number of amides is 1. The van der Waals surface area contributed by atoms with Crippen LogP contribution in [0.25, 0.3) is 0 Å². The zero-order valence-electron chi connectivity index (χ0n) is 21.5. The summed E-state index contributed by atoms with van der Waals surface area (Å²) in [5, 5.41) is 22.1. The van der Waals surface area contributed by atoms with Gasteiger partial charge in [0, 0.05) is 29.5 Å². The van der Waals surface area contributed by atoms with Gasteiger partial charge in [-0.25, -0.2) is 4.79 Å². The second-order valence-corrected chi connectivity index (χ2v) is 10.2. The largest absolute Gasteiger partial charge is 0.497 e. The number of aliphatic carboxylic acids is 1. The Morgan fingerprint density at radius 2 is 1.54 bits per heavy atom. The molecule has 1 amide bonds. The van der Waals surface area contributed by atoms with Crippen LogP contribution in [0, 0.1) is 22.0 Å². The van der Waals surface area contributed by atoms with Gasteiger partial charge < -0.3 is 14.7 Å². The fourth-order valence-electron chi connectivity index (χ4n) is 5.84. The summed E-state index contributed by atoms with van der Waals surface area (Å²) in [4.78, 5) is 53.6. The van der Waals surface area contributed by atoms with Crippen LogP contribution in [-0.2, 0) is 9.59 Å². The molecule has 1 aliphatic carbocycles. The molecule has 1 N–H and O–H groups in total. The van der Waals surface area contributed by atoms with E-state index in [0.717, 1.165) is 0 Å². The number of likely N-dealkylation sites (tertiary alicyclic amines) is 1. The van der Waals surface area contributed by atoms with Crippen molar-refractivity contribution in [3.05, 3.63) is 106 Å². The second-order valence-electron chi connectivity index (χ2n) is 10.2. The zero-order chi connectivity index (χ0) is 27.9. The quantitative estimate of drug-likeness (QED) is 0.247. The summed E-state index contributed by atoms with van der Waals surface area (Å²) in [6, 6.07) is 20.2. The lowest BCUT2D eigenvalue weighted by Crippen LogP contribution is -2.54. The van der Waals surface area contributed by atoms with Gasteiger partial charge in [0.05, 0.1) is 24.0 Å². The number of Topliss-reactive ketones (excluding diaryl/α,β-unsaturated/α-hetero) is 1. The maximum atomic E-state index is 14.3. The van der Waals surface area contributed by atoms with Crippen molar-refractivity contribution in [3.63, 3.8) is 0 Å². The van der Waals surface area contributed by atoms with Crippen molar-refractivity contribution in [1.82, 2.24) is 4.90 Å². The molecule has 9 heteroatoms. The minimum atomic E-state index is -1.81. The number of carboxylic acids is 1. The number of non-ortho nitro benzene ring substituents is 1. The maximum absolute atomic E-state index is 14.3. The van der Waals surface area contributed by atoms with Crippen LogP contribution in [0.3, 0.4) is 0 Å². The molecule has 3 aromatic rings. The average molecular weight is 529 g/mol. The fraction of sp³-hybridized carbons (Fsp3) is 0.300. The monoisotopic (exact) mass is 528 g/mol.